The SMILES string of the molecule is Cc1nc(-c2ccc3c(c2)N(C(C)C(=O)c2ccc4c(c2)NC(=O)C(C)O4)C(=O)C(C)O3)cs1. The van der Waals surface area contributed by atoms with Gasteiger partial charge in [-0.15, -0.1) is 11.3 Å². The van der Waals surface area contributed by atoms with Crippen LogP contribution in [0, 0.1) is 6.92 Å². The van der Waals surface area contributed by atoms with Gasteiger partial charge in [0.15, 0.2) is 18.0 Å². The first kappa shape index (κ1) is 22.1. The third-order valence-electron chi connectivity index (χ3n) is 5.98. The first-order valence-electron chi connectivity index (χ1n) is 10.9. The lowest BCUT2D eigenvalue weighted by Crippen LogP contribution is -2.51. The fraction of sp³-hybridized carbons (Fsp3) is 0.280. The predicted molar refractivity (Wildman–Crippen MR) is 129 cm³/mol. The van der Waals surface area contributed by atoms with Crippen LogP contribution in [0.1, 0.15) is 36.1 Å². The Balaban J connectivity index is 1.50. The average molecular weight is 478 g/mol. The molecule has 0 bridgehead atoms. The van der Waals surface area contributed by atoms with Crippen molar-refractivity contribution in [3.05, 3.63) is 52.3 Å². The molecule has 5 rings (SSSR count). The van der Waals surface area contributed by atoms with Crippen molar-refractivity contribution in [3.63, 3.8) is 0 Å². The van der Waals surface area contributed by atoms with Gasteiger partial charge in [-0.2, -0.15) is 0 Å². The van der Waals surface area contributed by atoms with Crippen molar-refractivity contribution >= 4 is 40.3 Å². The maximum atomic E-state index is 13.5. The highest BCUT2D eigenvalue weighted by atomic mass is 32.1. The molecule has 0 saturated heterocycles. The van der Waals surface area contributed by atoms with Crippen LogP contribution in [0.25, 0.3) is 11.3 Å². The van der Waals surface area contributed by atoms with E-state index >= 15 is 0 Å². The lowest BCUT2D eigenvalue weighted by atomic mass is 9.99. The quantitative estimate of drug-likeness (QED) is 0.565. The number of fused-ring (bicyclic) bond motifs is 2. The summed E-state index contributed by atoms with van der Waals surface area (Å²) in [6.07, 6.45) is -1.33. The molecule has 8 nitrogen and oxygen atoms in total. The first-order valence-corrected chi connectivity index (χ1v) is 11.8. The van der Waals surface area contributed by atoms with Crippen LogP contribution in [-0.4, -0.2) is 40.8 Å². The number of aryl methyl sites for hydroxylation is 1. The number of Topliss-reactive ketones (excluding diaryl/α,β-unsaturated/α-hetero) is 1. The van der Waals surface area contributed by atoms with Crippen LogP contribution >= 0.6 is 11.3 Å². The molecule has 2 aromatic carbocycles. The molecule has 2 amide bonds. The Morgan fingerprint density at radius 2 is 1.82 bits per heavy atom. The van der Waals surface area contributed by atoms with Crippen LogP contribution in [0.3, 0.4) is 0 Å². The van der Waals surface area contributed by atoms with Gasteiger partial charge in [-0.25, -0.2) is 4.98 Å². The van der Waals surface area contributed by atoms with E-state index in [0.717, 1.165) is 16.3 Å². The molecule has 0 saturated carbocycles. The van der Waals surface area contributed by atoms with E-state index in [2.05, 4.69) is 10.3 Å². The second-order valence-corrected chi connectivity index (χ2v) is 9.47. The van der Waals surface area contributed by atoms with Gasteiger partial charge in [-0.3, -0.25) is 19.3 Å². The maximum Gasteiger partial charge on any atom is 0.268 e. The number of benzene rings is 2. The average Bonchev–Trinajstić information content (AvgIpc) is 3.25. The van der Waals surface area contributed by atoms with Crippen molar-refractivity contribution in [3.8, 4) is 22.8 Å². The van der Waals surface area contributed by atoms with E-state index < -0.39 is 18.2 Å². The zero-order chi connectivity index (χ0) is 24.1. The molecule has 0 spiro atoms. The summed E-state index contributed by atoms with van der Waals surface area (Å²) in [7, 11) is 0. The third kappa shape index (κ3) is 3.71. The number of ether oxygens (including phenoxy) is 2. The number of carbonyl (C=O) groups is 3. The van der Waals surface area contributed by atoms with Crippen molar-refractivity contribution in [2.45, 2.75) is 45.9 Å². The van der Waals surface area contributed by atoms with Gasteiger partial charge in [0, 0.05) is 16.5 Å². The van der Waals surface area contributed by atoms with E-state index in [9.17, 15) is 14.4 Å². The maximum absolute atomic E-state index is 13.5. The fourth-order valence-electron chi connectivity index (χ4n) is 4.14. The second kappa shape index (κ2) is 8.25. The number of nitrogens with zero attached hydrogens (tertiary/aromatic N) is 2. The molecule has 1 N–H and O–H groups in total. The van der Waals surface area contributed by atoms with Gasteiger partial charge in [0.2, 0.25) is 0 Å². The molecule has 34 heavy (non-hydrogen) atoms. The number of thiazole rings is 1. The van der Waals surface area contributed by atoms with Gasteiger partial charge < -0.3 is 14.8 Å². The number of aromatic nitrogens is 1. The molecule has 174 valence electrons. The summed E-state index contributed by atoms with van der Waals surface area (Å²) in [6.45, 7) is 6.95. The minimum absolute atomic E-state index is 0.265. The van der Waals surface area contributed by atoms with E-state index in [1.807, 2.05) is 24.4 Å². The summed E-state index contributed by atoms with van der Waals surface area (Å²) in [6, 6.07) is 9.62. The number of anilines is 2. The Hall–Kier alpha value is -3.72. The molecule has 2 aliphatic rings. The van der Waals surface area contributed by atoms with Crippen LogP contribution in [-0.2, 0) is 9.59 Å². The van der Waals surface area contributed by atoms with E-state index in [4.69, 9.17) is 9.47 Å². The van der Waals surface area contributed by atoms with E-state index in [0.29, 0.717) is 28.4 Å². The monoisotopic (exact) mass is 477 g/mol. The molecule has 3 unspecified atom stereocenters. The summed E-state index contributed by atoms with van der Waals surface area (Å²) in [4.78, 5) is 44.7. The summed E-state index contributed by atoms with van der Waals surface area (Å²) >= 11 is 1.54. The molecule has 3 heterocycles. The molecule has 1 aromatic heterocycles. The Labute approximate surface area is 200 Å². The summed E-state index contributed by atoms with van der Waals surface area (Å²) in [5, 5.41) is 5.65. The molecule has 3 aromatic rings. The van der Waals surface area contributed by atoms with Crippen molar-refractivity contribution in [1.29, 1.82) is 0 Å². The number of nitrogens with one attached hydrogen (secondary N) is 1. The van der Waals surface area contributed by atoms with E-state index in [1.54, 1.807) is 56.4 Å². The van der Waals surface area contributed by atoms with E-state index in [-0.39, 0.29) is 17.6 Å². The number of hydrogen-bond acceptors (Lipinski definition) is 7. The zero-order valence-corrected chi connectivity index (χ0v) is 19.9. The largest absolute Gasteiger partial charge is 0.479 e. The standard InChI is InChI=1S/C25H23N3O5S/c1-12(23(29)17-6-7-21-18(9-17)27-24(30)13(2)32-21)28-20-10-16(19-11-34-15(4)26-19)5-8-22(20)33-14(3)25(28)31/h5-14H,1-4H3,(H,27,30). The number of hydrogen-bond donors (Lipinski definition) is 1. The lowest BCUT2D eigenvalue weighted by molar-refractivity contribution is -0.126. The van der Waals surface area contributed by atoms with Crippen LogP contribution in [0.4, 0.5) is 11.4 Å². The minimum Gasteiger partial charge on any atom is -0.479 e. The van der Waals surface area contributed by atoms with Crippen molar-refractivity contribution < 1.29 is 23.9 Å². The number of amides is 2. The van der Waals surface area contributed by atoms with Gasteiger partial charge in [-0.1, -0.05) is 0 Å². The van der Waals surface area contributed by atoms with Gasteiger partial charge >= 0.3 is 0 Å². The molecule has 0 fully saturated rings. The smallest absolute Gasteiger partial charge is 0.268 e. The normalized spacial score (nSPS) is 19.9. The van der Waals surface area contributed by atoms with Crippen molar-refractivity contribution in [2.24, 2.45) is 0 Å². The molecule has 0 aliphatic carbocycles. The minimum atomic E-state index is -0.804. The molecular weight excluding hydrogens is 454 g/mol. The van der Waals surface area contributed by atoms with E-state index in [1.165, 1.54) is 4.90 Å². The topological polar surface area (TPSA) is 97.8 Å². The zero-order valence-electron chi connectivity index (χ0n) is 19.1. The first-order chi connectivity index (χ1) is 16.2. The Kier molecular flexibility index (Phi) is 5.36. The summed E-state index contributed by atoms with van der Waals surface area (Å²) < 4.78 is 11.4. The van der Waals surface area contributed by atoms with Gasteiger partial charge in [0.25, 0.3) is 11.8 Å². The Morgan fingerprint density at radius 1 is 1.09 bits per heavy atom. The number of rotatable bonds is 4. The van der Waals surface area contributed by atoms with Crippen molar-refractivity contribution in [1.82, 2.24) is 4.98 Å². The molecule has 2 aliphatic heterocycles. The molecule has 3 atom stereocenters. The number of carbonyl (C=O) groups excluding carboxylic acids is 3. The second-order valence-electron chi connectivity index (χ2n) is 8.40. The van der Waals surface area contributed by atoms with Gasteiger partial charge in [-0.05, 0) is 64.1 Å². The van der Waals surface area contributed by atoms with Gasteiger partial charge in [0.1, 0.15) is 11.5 Å². The van der Waals surface area contributed by atoms with Crippen LogP contribution in [0.5, 0.6) is 11.5 Å². The Morgan fingerprint density at radius 3 is 2.56 bits per heavy atom. The summed E-state index contributed by atoms with van der Waals surface area (Å²) in [5.41, 5.74) is 2.96. The predicted octanol–water partition coefficient (Wildman–Crippen LogP) is 4.22. The molecule has 9 heteroatoms. The molecule has 0 radical (unpaired) electrons. The highest BCUT2D eigenvalue weighted by molar-refractivity contribution is 7.09. The number of ketones is 1. The van der Waals surface area contributed by atoms with Crippen molar-refractivity contribution in [2.75, 3.05) is 10.2 Å². The Bertz CT molecular complexity index is 1330. The third-order valence-corrected chi connectivity index (χ3v) is 6.76. The van der Waals surface area contributed by atoms with Gasteiger partial charge in [0.05, 0.1) is 28.1 Å². The van der Waals surface area contributed by atoms with Crippen LogP contribution < -0.4 is 19.7 Å². The fourth-order valence-corrected chi connectivity index (χ4v) is 4.76. The summed E-state index contributed by atoms with van der Waals surface area (Å²) in [5.74, 6) is 0.187. The molecular formula is C25H23N3O5S. The van der Waals surface area contributed by atoms with Crippen LogP contribution in [0.15, 0.2) is 41.8 Å². The highest BCUT2D eigenvalue weighted by Crippen LogP contribution is 2.39. The van der Waals surface area contributed by atoms with Crippen LogP contribution in [0.2, 0.25) is 0 Å². The lowest BCUT2D eigenvalue weighted by Gasteiger charge is -2.36. The highest BCUT2D eigenvalue weighted by Gasteiger charge is 2.38.